The molecule has 3 heteroatoms. The second-order valence-electron chi connectivity index (χ2n) is 6.27. The average Bonchev–Trinajstić information content (AvgIpc) is 3.10. The topological polar surface area (TPSA) is 18.5 Å². The van der Waals surface area contributed by atoms with Crippen LogP contribution in [0.25, 0.3) is 0 Å². The Labute approximate surface area is 117 Å². The van der Waals surface area contributed by atoms with Crippen LogP contribution in [0.4, 0.5) is 0 Å². The molecule has 0 aromatic rings. The zero-order chi connectivity index (χ0) is 13.1. The van der Waals surface area contributed by atoms with E-state index in [1.165, 1.54) is 50.9 Å². The fourth-order valence-electron chi connectivity index (χ4n) is 3.65. The number of nitrogens with one attached hydrogen (secondary N) is 1. The van der Waals surface area contributed by atoms with Crippen LogP contribution in [0.3, 0.4) is 0 Å². The third kappa shape index (κ3) is 3.14. The number of hydrogen-bond acceptors (Lipinski definition) is 3. The van der Waals surface area contributed by atoms with Crippen LogP contribution in [-0.4, -0.2) is 49.1 Å². The lowest BCUT2D eigenvalue weighted by molar-refractivity contribution is 0.323. The van der Waals surface area contributed by atoms with Crippen molar-refractivity contribution in [2.24, 2.45) is 5.92 Å². The highest BCUT2D eigenvalue weighted by molar-refractivity contribution is 5.23. The molecule has 2 heterocycles. The summed E-state index contributed by atoms with van der Waals surface area (Å²) in [6.07, 6.45) is 14.1. The molecule has 0 radical (unpaired) electrons. The van der Waals surface area contributed by atoms with Crippen molar-refractivity contribution in [1.29, 1.82) is 0 Å². The van der Waals surface area contributed by atoms with Crippen molar-refractivity contribution >= 4 is 0 Å². The maximum absolute atomic E-state index is 3.39. The van der Waals surface area contributed by atoms with Gasteiger partial charge in [0.2, 0.25) is 0 Å². The highest BCUT2D eigenvalue weighted by Crippen LogP contribution is 2.26. The smallest absolute Gasteiger partial charge is 0.0377 e. The van der Waals surface area contributed by atoms with Crippen molar-refractivity contribution in [1.82, 2.24) is 15.1 Å². The summed E-state index contributed by atoms with van der Waals surface area (Å²) in [5, 5.41) is 3.39. The van der Waals surface area contributed by atoms with Gasteiger partial charge in [-0.2, -0.15) is 0 Å². The van der Waals surface area contributed by atoms with Gasteiger partial charge in [0.25, 0.3) is 0 Å². The van der Waals surface area contributed by atoms with Gasteiger partial charge in [-0.25, -0.2) is 0 Å². The monoisotopic (exact) mass is 261 g/mol. The van der Waals surface area contributed by atoms with E-state index in [1.807, 2.05) is 0 Å². The third-order valence-electron chi connectivity index (χ3n) is 4.92. The van der Waals surface area contributed by atoms with Gasteiger partial charge in [0.15, 0.2) is 0 Å². The Morgan fingerprint density at radius 2 is 2.11 bits per heavy atom. The normalized spacial score (nSPS) is 28.3. The van der Waals surface area contributed by atoms with Gasteiger partial charge >= 0.3 is 0 Å². The summed E-state index contributed by atoms with van der Waals surface area (Å²) in [6.45, 7) is 4.72. The van der Waals surface area contributed by atoms with Gasteiger partial charge in [-0.1, -0.05) is 12.8 Å². The highest BCUT2D eigenvalue weighted by atomic mass is 15.2. The molecule has 0 aromatic carbocycles. The average molecular weight is 261 g/mol. The van der Waals surface area contributed by atoms with E-state index >= 15 is 0 Å². The summed E-state index contributed by atoms with van der Waals surface area (Å²) in [7, 11) is 2.07. The first-order chi connectivity index (χ1) is 9.35. The molecule has 0 aromatic heterocycles. The first-order valence-corrected chi connectivity index (χ1v) is 7.90. The van der Waals surface area contributed by atoms with Gasteiger partial charge in [0, 0.05) is 44.1 Å². The quantitative estimate of drug-likeness (QED) is 0.837. The van der Waals surface area contributed by atoms with Crippen molar-refractivity contribution in [2.75, 3.05) is 33.2 Å². The molecular weight excluding hydrogens is 234 g/mol. The summed E-state index contributed by atoms with van der Waals surface area (Å²) in [4.78, 5) is 5.01. The number of hydrogen-bond donors (Lipinski definition) is 1. The van der Waals surface area contributed by atoms with Crippen LogP contribution >= 0.6 is 0 Å². The fraction of sp³-hybridized carbons (Fsp3) is 0.750. The molecule has 0 bridgehead atoms. The van der Waals surface area contributed by atoms with E-state index in [-0.39, 0.29) is 0 Å². The van der Waals surface area contributed by atoms with Crippen molar-refractivity contribution < 1.29 is 0 Å². The summed E-state index contributed by atoms with van der Waals surface area (Å²) in [5.74, 6) is 0.944. The maximum atomic E-state index is 3.39. The zero-order valence-electron chi connectivity index (χ0n) is 12.1. The van der Waals surface area contributed by atoms with Crippen molar-refractivity contribution in [3.8, 4) is 0 Å². The number of allylic oxidation sites excluding steroid dienone is 1. The molecule has 1 N–H and O–H groups in total. The largest absolute Gasteiger partial charge is 0.373 e. The maximum Gasteiger partial charge on any atom is 0.0377 e. The Balaban J connectivity index is 1.49. The molecule has 0 unspecified atom stereocenters. The highest BCUT2D eigenvalue weighted by Gasteiger charge is 2.23. The molecule has 3 aliphatic rings. The second kappa shape index (κ2) is 6.00. The van der Waals surface area contributed by atoms with E-state index in [4.69, 9.17) is 0 Å². The van der Waals surface area contributed by atoms with E-state index in [0.717, 1.165) is 19.0 Å². The number of likely N-dealkylation sites (N-methyl/N-ethyl adjacent to an activating group) is 1. The van der Waals surface area contributed by atoms with Crippen molar-refractivity contribution in [2.45, 2.75) is 38.1 Å². The number of rotatable bonds is 4. The molecule has 1 atom stereocenters. The first-order valence-electron chi connectivity index (χ1n) is 7.90. The molecule has 1 saturated carbocycles. The summed E-state index contributed by atoms with van der Waals surface area (Å²) in [5.41, 5.74) is 1.43. The first kappa shape index (κ1) is 13.0. The Hall–Kier alpha value is -0.960. The lowest BCUT2D eigenvalue weighted by Crippen LogP contribution is -2.31. The van der Waals surface area contributed by atoms with Crippen LogP contribution in [0.5, 0.6) is 0 Å². The Morgan fingerprint density at radius 1 is 1.26 bits per heavy atom. The van der Waals surface area contributed by atoms with Gasteiger partial charge < -0.3 is 15.1 Å². The van der Waals surface area contributed by atoms with E-state index < -0.39 is 0 Å². The molecule has 0 spiro atoms. The molecule has 1 aliphatic carbocycles. The van der Waals surface area contributed by atoms with Crippen molar-refractivity contribution in [3.05, 3.63) is 24.0 Å². The molecule has 3 nitrogen and oxygen atoms in total. The molecule has 2 aliphatic heterocycles. The minimum atomic E-state index is 0.672. The zero-order valence-corrected chi connectivity index (χ0v) is 12.1. The van der Waals surface area contributed by atoms with Crippen molar-refractivity contribution in [3.63, 3.8) is 0 Å². The summed E-state index contributed by atoms with van der Waals surface area (Å²) >= 11 is 0. The standard InChI is InChI=1S/C16H27N3/c1-17-15-6-11-19(13-15)16-7-9-18(10-8-16)12-14-4-2-3-5-14/h7-9,14-15,17H,2-6,10-13H2,1H3/t15-/m0/s1. The molecule has 0 amide bonds. The van der Waals surface area contributed by atoms with E-state index in [0.29, 0.717) is 6.04 Å². The molecule has 106 valence electrons. The second-order valence-corrected chi connectivity index (χ2v) is 6.27. The predicted molar refractivity (Wildman–Crippen MR) is 79.8 cm³/mol. The van der Waals surface area contributed by atoms with Crippen LogP contribution in [-0.2, 0) is 0 Å². The molecule has 3 rings (SSSR count). The van der Waals surface area contributed by atoms with Crippen LogP contribution in [0.1, 0.15) is 32.1 Å². The Kier molecular flexibility index (Phi) is 4.12. The Morgan fingerprint density at radius 3 is 2.74 bits per heavy atom. The van der Waals surface area contributed by atoms with Crippen LogP contribution in [0, 0.1) is 5.92 Å². The van der Waals surface area contributed by atoms with Gasteiger partial charge in [-0.15, -0.1) is 0 Å². The predicted octanol–water partition coefficient (Wildman–Crippen LogP) is 2.18. The lowest BCUT2D eigenvalue weighted by Gasteiger charge is -2.29. The van der Waals surface area contributed by atoms with Crippen LogP contribution in [0.2, 0.25) is 0 Å². The van der Waals surface area contributed by atoms with Gasteiger partial charge in [-0.05, 0) is 44.4 Å². The number of nitrogens with zero attached hydrogens (tertiary/aromatic N) is 2. The number of likely N-dealkylation sites (tertiary alicyclic amines) is 1. The summed E-state index contributed by atoms with van der Waals surface area (Å²) in [6, 6.07) is 0.672. The van der Waals surface area contributed by atoms with E-state index in [1.54, 1.807) is 0 Å². The molecular formula is C16H27N3. The Bertz CT molecular complexity index is 355. The van der Waals surface area contributed by atoms with E-state index in [9.17, 15) is 0 Å². The minimum Gasteiger partial charge on any atom is -0.373 e. The minimum absolute atomic E-state index is 0.672. The molecule has 19 heavy (non-hydrogen) atoms. The van der Waals surface area contributed by atoms with Gasteiger partial charge in [0.05, 0.1) is 0 Å². The van der Waals surface area contributed by atoms with Crippen LogP contribution < -0.4 is 5.32 Å². The molecule has 1 saturated heterocycles. The van der Waals surface area contributed by atoms with Gasteiger partial charge in [-0.3, -0.25) is 0 Å². The third-order valence-corrected chi connectivity index (χ3v) is 4.92. The summed E-state index contributed by atoms with van der Waals surface area (Å²) < 4.78 is 0. The van der Waals surface area contributed by atoms with Gasteiger partial charge in [0.1, 0.15) is 0 Å². The fourth-order valence-corrected chi connectivity index (χ4v) is 3.65. The van der Waals surface area contributed by atoms with E-state index in [2.05, 4.69) is 40.5 Å². The lowest BCUT2D eigenvalue weighted by atomic mass is 10.1. The van der Waals surface area contributed by atoms with Crippen LogP contribution in [0.15, 0.2) is 24.0 Å². The SMILES string of the molecule is CN[C@H]1CCN(C2=CCN(CC3CCCC3)C=C2)C1. The molecule has 2 fully saturated rings.